The van der Waals surface area contributed by atoms with Crippen LogP contribution in [0.25, 0.3) is 0 Å². The second-order valence-corrected chi connectivity index (χ2v) is 8.70. The van der Waals surface area contributed by atoms with E-state index in [0.29, 0.717) is 0 Å². The zero-order valence-electron chi connectivity index (χ0n) is 21.0. The molecule has 178 valence electrons. The summed E-state index contributed by atoms with van der Waals surface area (Å²) in [5.74, 6) is 0. The zero-order valence-corrected chi connectivity index (χ0v) is 21.0. The normalized spacial score (nSPS) is 18.2. The van der Waals surface area contributed by atoms with Crippen molar-refractivity contribution in [1.82, 2.24) is 14.7 Å². The molecule has 0 aliphatic carbocycles. The van der Waals surface area contributed by atoms with Gasteiger partial charge in [-0.1, -0.05) is 18.2 Å². The molecular weight excluding hydrogens is 408 g/mol. The lowest BCUT2D eigenvalue weighted by molar-refractivity contribution is -0.533. The molecule has 2 fully saturated rings. The fourth-order valence-electron chi connectivity index (χ4n) is 3.39. The van der Waals surface area contributed by atoms with Gasteiger partial charge in [0.2, 0.25) is 0 Å². The predicted molar refractivity (Wildman–Crippen MR) is 142 cm³/mol. The van der Waals surface area contributed by atoms with Gasteiger partial charge in [0.1, 0.15) is 28.2 Å². The van der Waals surface area contributed by atoms with Crippen LogP contribution in [0.5, 0.6) is 0 Å². The van der Waals surface area contributed by atoms with Crippen LogP contribution in [0.4, 0.5) is 0 Å². The maximum atomic E-state index is 2.39. The van der Waals surface area contributed by atoms with Crippen molar-refractivity contribution in [3.8, 4) is 0 Å². The Labute approximate surface area is 201 Å². The van der Waals surface area contributed by atoms with Gasteiger partial charge in [-0.05, 0) is 36.8 Å². The van der Waals surface area contributed by atoms with E-state index >= 15 is 0 Å². The zero-order chi connectivity index (χ0) is 23.7. The maximum Gasteiger partial charge on any atom is 0.163 e. The molecule has 6 nitrogen and oxygen atoms in total. The summed E-state index contributed by atoms with van der Waals surface area (Å²) in [5.41, 5.74) is 0. The molecule has 2 aliphatic rings. The first kappa shape index (κ1) is 26.1. The number of allylic oxidation sites excluding steroid dienone is 9. The minimum Gasteiger partial charge on any atom is -0.374 e. The van der Waals surface area contributed by atoms with Crippen LogP contribution in [0.3, 0.4) is 0 Å². The third kappa shape index (κ3) is 12.5. The van der Waals surface area contributed by atoms with Gasteiger partial charge < -0.3 is 14.7 Å². The SMILES string of the molecule is C[N+](C)=C/C=C/C=C/N1CCN(/C=C/C=C/C=[N+]2CCN(/C=C/C=C/C=[N+](C)C)CC2)CC1. The Balaban J connectivity index is 1.63. The second kappa shape index (κ2) is 15.6. The lowest BCUT2D eigenvalue weighted by Crippen LogP contribution is -2.41. The maximum absolute atomic E-state index is 2.39. The fourth-order valence-corrected chi connectivity index (χ4v) is 3.39. The van der Waals surface area contributed by atoms with E-state index in [4.69, 9.17) is 0 Å². The minimum absolute atomic E-state index is 1.06. The van der Waals surface area contributed by atoms with Gasteiger partial charge in [0, 0.05) is 44.4 Å². The second-order valence-electron chi connectivity index (χ2n) is 8.70. The van der Waals surface area contributed by atoms with Crippen LogP contribution < -0.4 is 0 Å². The molecule has 6 heteroatoms. The summed E-state index contributed by atoms with van der Waals surface area (Å²) in [7, 11) is 8.11. The van der Waals surface area contributed by atoms with Crippen molar-refractivity contribution < 1.29 is 13.7 Å². The Hall–Kier alpha value is -3.15. The number of nitrogens with zero attached hydrogens (tertiary/aromatic N) is 6. The molecule has 0 aromatic carbocycles. The Bertz CT molecular complexity index is 828. The third-order valence-electron chi connectivity index (χ3n) is 5.32. The van der Waals surface area contributed by atoms with Gasteiger partial charge in [0.05, 0.1) is 13.1 Å². The van der Waals surface area contributed by atoms with Crippen LogP contribution in [0, 0.1) is 0 Å². The first-order valence-corrected chi connectivity index (χ1v) is 11.9. The largest absolute Gasteiger partial charge is 0.374 e. The van der Waals surface area contributed by atoms with E-state index in [2.05, 4.69) is 98.8 Å². The van der Waals surface area contributed by atoms with E-state index in [-0.39, 0.29) is 0 Å². The molecule has 2 saturated heterocycles. The Morgan fingerprint density at radius 2 is 0.879 bits per heavy atom. The first-order chi connectivity index (χ1) is 16.0. The predicted octanol–water partition coefficient (Wildman–Crippen LogP) is 1.90. The Morgan fingerprint density at radius 3 is 1.30 bits per heavy atom. The Morgan fingerprint density at radius 1 is 0.485 bits per heavy atom. The molecule has 0 saturated carbocycles. The molecule has 0 aromatic heterocycles. The van der Waals surface area contributed by atoms with E-state index < -0.39 is 0 Å². The minimum atomic E-state index is 1.06. The molecule has 0 bridgehead atoms. The summed E-state index contributed by atoms with van der Waals surface area (Å²) < 4.78 is 6.46. The molecule has 0 unspecified atom stereocenters. The summed E-state index contributed by atoms with van der Waals surface area (Å²) in [6.45, 7) is 8.48. The van der Waals surface area contributed by atoms with E-state index in [9.17, 15) is 0 Å². The van der Waals surface area contributed by atoms with Crippen LogP contribution >= 0.6 is 0 Å². The van der Waals surface area contributed by atoms with Crippen LogP contribution in [-0.4, -0.2) is 128 Å². The van der Waals surface area contributed by atoms with Crippen LogP contribution in [-0.2, 0) is 0 Å². The molecule has 0 aromatic rings. The molecule has 0 radical (unpaired) electrons. The average molecular weight is 452 g/mol. The van der Waals surface area contributed by atoms with Gasteiger partial charge in [-0.2, -0.15) is 0 Å². The van der Waals surface area contributed by atoms with E-state index in [1.165, 1.54) is 0 Å². The van der Waals surface area contributed by atoms with Crippen molar-refractivity contribution in [3.63, 3.8) is 0 Å². The highest BCUT2D eigenvalue weighted by molar-refractivity contribution is 5.67. The van der Waals surface area contributed by atoms with Crippen molar-refractivity contribution >= 4 is 18.6 Å². The lowest BCUT2D eigenvalue weighted by Gasteiger charge is -2.33. The number of rotatable bonds is 9. The van der Waals surface area contributed by atoms with Crippen molar-refractivity contribution in [3.05, 3.63) is 73.3 Å². The number of hydrogen-bond donors (Lipinski definition) is 0. The highest BCUT2D eigenvalue weighted by Gasteiger charge is 2.14. The summed E-state index contributed by atoms with van der Waals surface area (Å²) in [6.07, 6.45) is 31.8. The summed E-state index contributed by atoms with van der Waals surface area (Å²) in [5, 5.41) is 0. The highest BCUT2D eigenvalue weighted by atomic mass is 15.2. The van der Waals surface area contributed by atoms with Gasteiger partial charge in [-0.3, -0.25) is 0 Å². The third-order valence-corrected chi connectivity index (χ3v) is 5.32. The fraction of sp³-hybridized carbons (Fsp3) is 0.444. The van der Waals surface area contributed by atoms with Crippen molar-refractivity contribution in [2.45, 2.75) is 0 Å². The molecule has 2 heterocycles. The number of hydrogen-bond acceptors (Lipinski definition) is 3. The summed E-state index contributed by atoms with van der Waals surface area (Å²) in [4.78, 5) is 7.14. The van der Waals surface area contributed by atoms with Crippen molar-refractivity contribution in [2.24, 2.45) is 0 Å². The van der Waals surface area contributed by atoms with Crippen LogP contribution in [0.1, 0.15) is 0 Å². The Kier molecular flexibility index (Phi) is 12.4. The highest BCUT2D eigenvalue weighted by Crippen LogP contribution is 2.03. The van der Waals surface area contributed by atoms with E-state index in [0.717, 1.165) is 52.4 Å². The van der Waals surface area contributed by atoms with E-state index in [1.807, 2.05) is 49.8 Å². The van der Waals surface area contributed by atoms with Crippen LogP contribution in [0.2, 0.25) is 0 Å². The molecule has 0 atom stereocenters. The smallest absolute Gasteiger partial charge is 0.163 e. The molecule has 0 spiro atoms. The van der Waals surface area contributed by atoms with Gasteiger partial charge in [-0.25, -0.2) is 13.7 Å². The van der Waals surface area contributed by atoms with Gasteiger partial charge in [0.15, 0.2) is 31.7 Å². The molecule has 0 amide bonds. The van der Waals surface area contributed by atoms with Crippen LogP contribution in [0.15, 0.2) is 73.3 Å². The standard InChI is InChI=1S/C27H43N6/c1-28(2)14-8-5-10-16-30-20-24-32(25-21-30)18-12-7-13-19-33-26-22-31(23-27-33)17-11-6-9-15-29(3)4/h5-19H,20-27H2,1-4H3/q+3. The monoisotopic (exact) mass is 451 g/mol. The van der Waals surface area contributed by atoms with Gasteiger partial charge in [0.25, 0.3) is 0 Å². The molecule has 2 rings (SSSR count). The van der Waals surface area contributed by atoms with E-state index in [1.54, 1.807) is 0 Å². The van der Waals surface area contributed by atoms with Gasteiger partial charge in [-0.15, -0.1) is 0 Å². The first-order valence-electron chi connectivity index (χ1n) is 11.9. The number of piperazine rings is 2. The quantitative estimate of drug-likeness (QED) is 0.303. The van der Waals surface area contributed by atoms with Gasteiger partial charge >= 0.3 is 0 Å². The van der Waals surface area contributed by atoms with Crippen molar-refractivity contribution in [2.75, 3.05) is 80.5 Å². The molecule has 33 heavy (non-hydrogen) atoms. The molecule has 2 aliphatic heterocycles. The topological polar surface area (TPSA) is 18.8 Å². The summed E-state index contributed by atoms with van der Waals surface area (Å²) >= 11 is 0. The molecular formula is C27H43N6+3. The molecule has 0 N–H and O–H groups in total. The summed E-state index contributed by atoms with van der Waals surface area (Å²) in [6, 6.07) is 0. The average Bonchev–Trinajstić information content (AvgIpc) is 2.80. The van der Waals surface area contributed by atoms with Crippen molar-refractivity contribution in [1.29, 1.82) is 0 Å². The lowest BCUT2D eigenvalue weighted by atomic mass is 10.3.